The molecule has 20 heavy (non-hydrogen) atoms. The van der Waals surface area contributed by atoms with E-state index in [1.807, 2.05) is 25.1 Å². The van der Waals surface area contributed by atoms with Crippen LogP contribution in [0.3, 0.4) is 0 Å². The van der Waals surface area contributed by atoms with Crippen molar-refractivity contribution in [2.24, 2.45) is 5.73 Å². The van der Waals surface area contributed by atoms with Gasteiger partial charge in [0.15, 0.2) is 5.82 Å². The molecule has 0 saturated heterocycles. The fourth-order valence-electron chi connectivity index (χ4n) is 2.57. The minimum absolute atomic E-state index is 0. The Bertz CT molecular complexity index is 608. The first kappa shape index (κ1) is 15.5. The van der Waals surface area contributed by atoms with E-state index in [1.54, 1.807) is 0 Å². The van der Waals surface area contributed by atoms with Crippen molar-refractivity contribution in [2.45, 2.75) is 38.1 Å². The number of halogens is 2. The number of aryl methyl sites for hydroxylation is 1. The average molecular weight is 359 g/mol. The lowest BCUT2D eigenvalue weighted by atomic mass is 9.98. The molecule has 1 heterocycles. The smallest absolute Gasteiger partial charge is 0.259 e. The Morgan fingerprint density at radius 2 is 2.00 bits per heavy atom. The topological polar surface area (TPSA) is 64.9 Å². The molecule has 1 aromatic carbocycles. The summed E-state index contributed by atoms with van der Waals surface area (Å²) in [6, 6.07) is 6.05. The third-order valence-electron chi connectivity index (χ3n) is 3.72. The summed E-state index contributed by atoms with van der Waals surface area (Å²) in [5.41, 5.74) is 8.01. The number of hydrogen-bond donors (Lipinski definition) is 1. The molecule has 0 spiro atoms. The van der Waals surface area contributed by atoms with Gasteiger partial charge in [-0.3, -0.25) is 0 Å². The van der Waals surface area contributed by atoms with E-state index in [-0.39, 0.29) is 12.4 Å². The Hall–Kier alpha value is -0.910. The summed E-state index contributed by atoms with van der Waals surface area (Å²) < 4.78 is 6.34. The average Bonchev–Trinajstić information content (AvgIpc) is 3.02. The van der Waals surface area contributed by atoms with Crippen molar-refractivity contribution < 1.29 is 4.52 Å². The molecule has 1 fully saturated rings. The predicted octanol–water partition coefficient (Wildman–Crippen LogP) is 3.96. The largest absolute Gasteiger partial charge is 0.334 e. The van der Waals surface area contributed by atoms with Crippen LogP contribution in [0.4, 0.5) is 0 Å². The molecular formula is C14H17BrClN3O. The summed E-state index contributed by atoms with van der Waals surface area (Å²) >= 11 is 3.51. The zero-order valence-corrected chi connectivity index (χ0v) is 13.6. The lowest BCUT2D eigenvalue weighted by Gasteiger charge is -2.17. The highest BCUT2D eigenvalue weighted by molar-refractivity contribution is 9.10. The van der Waals surface area contributed by atoms with Crippen LogP contribution in [0.5, 0.6) is 0 Å². The van der Waals surface area contributed by atoms with E-state index in [1.165, 1.54) is 0 Å². The zero-order chi connectivity index (χ0) is 13.5. The molecule has 2 aromatic rings. The van der Waals surface area contributed by atoms with Gasteiger partial charge in [0, 0.05) is 4.47 Å². The fraction of sp³-hybridized carbons (Fsp3) is 0.429. The molecule has 0 unspecified atom stereocenters. The number of nitrogens with zero attached hydrogens (tertiary/aromatic N) is 2. The van der Waals surface area contributed by atoms with Crippen molar-refractivity contribution in [3.63, 3.8) is 0 Å². The van der Waals surface area contributed by atoms with E-state index in [9.17, 15) is 0 Å². The Kier molecular flexibility index (Phi) is 4.52. The SMILES string of the molecule is Cc1ccc(Br)c(-c2nc(C3(N)CCCC3)no2)c1.Cl. The molecule has 0 aliphatic heterocycles. The van der Waals surface area contributed by atoms with E-state index >= 15 is 0 Å². The maximum atomic E-state index is 6.34. The van der Waals surface area contributed by atoms with E-state index in [0.717, 1.165) is 41.3 Å². The number of hydrogen-bond acceptors (Lipinski definition) is 4. The highest BCUT2D eigenvalue weighted by Crippen LogP contribution is 2.36. The van der Waals surface area contributed by atoms with Gasteiger partial charge < -0.3 is 10.3 Å². The first-order valence-electron chi connectivity index (χ1n) is 6.48. The fourth-order valence-corrected chi connectivity index (χ4v) is 2.98. The van der Waals surface area contributed by atoms with E-state index in [2.05, 4.69) is 26.1 Å². The third-order valence-corrected chi connectivity index (χ3v) is 4.41. The minimum Gasteiger partial charge on any atom is -0.334 e. The van der Waals surface area contributed by atoms with Gasteiger partial charge in [-0.15, -0.1) is 12.4 Å². The van der Waals surface area contributed by atoms with Gasteiger partial charge in [-0.1, -0.05) is 29.6 Å². The molecule has 1 aliphatic carbocycles. The summed E-state index contributed by atoms with van der Waals surface area (Å²) in [4.78, 5) is 4.50. The number of rotatable bonds is 2. The van der Waals surface area contributed by atoms with Crippen LogP contribution in [0.2, 0.25) is 0 Å². The van der Waals surface area contributed by atoms with Crippen LogP contribution in [0, 0.1) is 6.92 Å². The molecule has 1 saturated carbocycles. The zero-order valence-electron chi connectivity index (χ0n) is 11.2. The molecule has 1 aliphatic rings. The maximum Gasteiger partial charge on any atom is 0.259 e. The van der Waals surface area contributed by atoms with E-state index in [4.69, 9.17) is 10.3 Å². The van der Waals surface area contributed by atoms with Crippen molar-refractivity contribution in [3.05, 3.63) is 34.1 Å². The lowest BCUT2D eigenvalue weighted by molar-refractivity contribution is 0.372. The van der Waals surface area contributed by atoms with Crippen LogP contribution in [0.15, 0.2) is 27.2 Å². The van der Waals surface area contributed by atoms with Crippen molar-refractivity contribution in [1.82, 2.24) is 10.1 Å². The normalized spacial score (nSPS) is 16.9. The Morgan fingerprint density at radius 3 is 2.70 bits per heavy atom. The molecule has 108 valence electrons. The summed E-state index contributed by atoms with van der Waals surface area (Å²) in [6.07, 6.45) is 4.13. The Balaban J connectivity index is 0.00000147. The van der Waals surface area contributed by atoms with Gasteiger partial charge >= 0.3 is 0 Å². The molecule has 0 radical (unpaired) electrons. The summed E-state index contributed by atoms with van der Waals surface area (Å²) in [6.45, 7) is 2.04. The van der Waals surface area contributed by atoms with Crippen molar-refractivity contribution in [3.8, 4) is 11.5 Å². The number of aromatic nitrogens is 2. The summed E-state index contributed by atoms with van der Waals surface area (Å²) in [5.74, 6) is 1.16. The van der Waals surface area contributed by atoms with Crippen LogP contribution in [0.1, 0.15) is 37.1 Å². The monoisotopic (exact) mass is 357 g/mol. The van der Waals surface area contributed by atoms with Gasteiger partial charge in [0.1, 0.15) is 0 Å². The van der Waals surface area contributed by atoms with Crippen LogP contribution in [-0.4, -0.2) is 10.1 Å². The number of benzene rings is 1. The van der Waals surface area contributed by atoms with Gasteiger partial charge in [-0.25, -0.2) is 0 Å². The highest BCUT2D eigenvalue weighted by Gasteiger charge is 2.36. The van der Waals surface area contributed by atoms with Crippen LogP contribution >= 0.6 is 28.3 Å². The minimum atomic E-state index is -0.405. The van der Waals surface area contributed by atoms with Gasteiger partial charge in [-0.05, 0) is 47.8 Å². The Labute approximate surface area is 132 Å². The highest BCUT2D eigenvalue weighted by atomic mass is 79.9. The summed E-state index contributed by atoms with van der Waals surface area (Å²) in [7, 11) is 0. The van der Waals surface area contributed by atoms with Crippen LogP contribution in [0.25, 0.3) is 11.5 Å². The van der Waals surface area contributed by atoms with Gasteiger partial charge in [0.2, 0.25) is 0 Å². The van der Waals surface area contributed by atoms with Gasteiger partial charge in [-0.2, -0.15) is 4.98 Å². The van der Waals surface area contributed by atoms with Crippen molar-refractivity contribution in [2.75, 3.05) is 0 Å². The molecule has 4 nitrogen and oxygen atoms in total. The lowest BCUT2D eigenvalue weighted by Crippen LogP contribution is -2.34. The Morgan fingerprint density at radius 1 is 1.30 bits per heavy atom. The van der Waals surface area contributed by atoms with Crippen molar-refractivity contribution >= 4 is 28.3 Å². The molecule has 6 heteroatoms. The second kappa shape index (κ2) is 5.84. The molecule has 3 rings (SSSR count). The number of nitrogens with two attached hydrogens (primary N) is 1. The molecule has 1 aromatic heterocycles. The second-order valence-corrected chi connectivity index (χ2v) is 6.12. The van der Waals surface area contributed by atoms with Gasteiger partial charge in [0.25, 0.3) is 5.89 Å². The molecule has 2 N–H and O–H groups in total. The quantitative estimate of drug-likeness (QED) is 0.882. The molecular weight excluding hydrogens is 342 g/mol. The van der Waals surface area contributed by atoms with Crippen molar-refractivity contribution in [1.29, 1.82) is 0 Å². The molecule has 0 bridgehead atoms. The van der Waals surface area contributed by atoms with Crippen LogP contribution in [-0.2, 0) is 5.54 Å². The molecule has 0 atom stereocenters. The third kappa shape index (κ3) is 2.75. The summed E-state index contributed by atoms with van der Waals surface area (Å²) in [5, 5.41) is 4.09. The second-order valence-electron chi connectivity index (χ2n) is 5.27. The first-order chi connectivity index (χ1) is 9.08. The van der Waals surface area contributed by atoms with Crippen LogP contribution < -0.4 is 5.73 Å². The van der Waals surface area contributed by atoms with Gasteiger partial charge in [0.05, 0.1) is 11.1 Å². The standard InChI is InChI=1S/C14H16BrN3O.ClH/c1-9-4-5-11(15)10(8-9)12-17-13(18-19-12)14(16)6-2-3-7-14;/h4-5,8H,2-3,6-7,16H2,1H3;1H. The van der Waals surface area contributed by atoms with E-state index < -0.39 is 5.54 Å². The molecule has 0 amide bonds. The predicted molar refractivity (Wildman–Crippen MR) is 83.8 cm³/mol. The first-order valence-corrected chi connectivity index (χ1v) is 7.27. The maximum absolute atomic E-state index is 6.34. The van der Waals surface area contributed by atoms with E-state index in [0.29, 0.717) is 11.7 Å².